The number of halogens is 1. The lowest BCUT2D eigenvalue weighted by molar-refractivity contribution is -0.132. The molecule has 0 fully saturated rings. The van der Waals surface area contributed by atoms with E-state index in [1.807, 2.05) is 26.0 Å². The van der Waals surface area contributed by atoms with Crippen molar-refractivity contribution < 1.29 is 27.1 Å². The lowest BCUT2D eigenvalue weighted by atomic mass is 10.1. The lowest BCUT2D eigenvalue weighted by Gasteiger charge is -2.17. The van der Waals surface area contributed by atoms with Crippen molar-refractivity contribution in [2.24, 2.45) is 0 Å². The van der Waals surface area contributed by atoms with Crippen molar-refractivity contribution in [2.75, 3.05) is 5.75 Å². The van der Waals surface area contributed by atoms with Crippen LogP contribution in [0.25, 0.3) is 0 Å². The summed E-state index contributed by atoms with van der Waals surface area (Å²) in [6.45, 7) is 5.33. The van der Waals surface area contributed by atoms with Crippen LogP contribution in [0.2, 0.25) is 0 Å². The van der Waals surface area contributed by atoms with E-state index >= 15 is 0 Å². The van der Waals surface area contributed by atoms with Crippen molar-refractivity contribution in [2.45, 2.75) is 38.2 Å². The first-order valence-corrected chi connectivity index (χ1v) is 10.6. The number of benzene rings is 2. The average Bonchev–Trinajstić information content (AvgIpc) is 2.68. The Morgan fingerprint density at radius 2 is 1.72 bits per heavy atom. The SMILES string of the molecule is Cc1cccc(O[C@H](C)C(=O)NNC(=O)CCS(=O)(=O)c2ccc(F)cc2)c1C. The van der Waals surface area contributed by atoms with E-state index in [2.05, 4.69) is 10.9 Å². The number of carbonyl (C=O) groups is 2. The fourth-order valence-corrected chi connectivity index (χ4v) is 3.62. The summed E-state index contributed by atoms with van der Waals surface area (Å²) in [5.41, 5.74) is 6.30. The number of hydrazine groups is 1. The molecule has 0 saturated heterocycles. The number of hydrogen-bond acceptors (Lipinski definition) is 5. The number of aryl methyl sites for hydroxylation is 1. The zero-order chi connectivity index (χ0) is 21.6. The summed E-state index contributed by atoms with van der Waals surface area (Å²) in [5, 5.41) is 0. The third kappa shape index (κ3) is 6.28. The van der Waals surface area contributed by atoms with E-state index in [1.54, 1.807) is 6.07 Å². The highest BCUT2D eigenvalue weighted by Crippen LogP contribution is 2.21. The number of ether oxygens (including phenoxy) is 1. The molecule has 2 rings (SSSR count). The summed E-state index contributed by atoms with van der Waals surface area (Å²) in [5.74, 6) is -1.73. The Hall–Kier alpha value is -2.94. The summed E-state index contributed by atoms with van der Waals surface area (Å²) in [4.78, 5) is 23.9. The molecule has 2 aromatic rings. The zero-order valence-electron chi connectivity index (χ0n) is 16.4. The molecule has 29 heavy (non-hydrogen) atoms. The Balaban J connectivity index is 1.82. The molecule has 9 heteroatoms. The minimum absolute atomic E-state index is 0.0775. The fraction of sp³-hybridized carbons (Fsp3) is 0.300. The fourth-order valence-electron chi connectivity index (χ4n) is 2.38. The van der Waals surface area contributed by atoms with Crippen molar-refractivity contribution in [3.8, 4) is 5.75 Å². The van der Waals surface area contributed by atoms with Crippen molar-refractivity contribution in [1.82, 2.24) is 10.9 Å². The van der Waals surface area contributed by atoms with Crippen LogP contribution in [0.3, 0.4) is 0 Å². The second-order valence-electron chi connectivity index (χ2n) is 6.52. The molecule has 2 amide bonds. The van der Waals surface area contributed by atoms with Crippen LogP contribution in [0.1, 0.15) is 24.5 Å². The maximum atomic E-state index is 12.9. The van der Waals surface area contributed by atoms with Gasteiger partial charge in [0, 0.05) is 6.42 Å². The van der Waals surface area contributed by atoms with E-state index < -0.39 is 39.3 Å². The molecule has 2 N–H and O–H groups in total. The molecule has 0 aliphatic carbocycles. The molecule has 0 unspecified atom stereocenters. The molecular weight excluding hydrogens is 399 g/mol. The van der Waals surface area contributed by atoms with Crippen molar-refractivity contribution in [1.29, 1.82) is 0 Å². The first-order chi connectivity index (χ1) is 13.6. The first-order valence-electron chi connectivity index (χ1n) is 8.90. The molecule has 0 aromatic heterocycles. The van der Waals surface area contributed by atoms with Gasteiger partial charge < -0.3 is 4.74 Å². The minimum Gasteiger partial charge on any atom is -0.481 e. The van der Waals surface area contributed by atoms with Crippen molar-refractivity contribution >= 4 is 21.7 Å². The van der Waals surface area contributed by atoms with E-state index in [9.17, 15) is 22.4 Å². The monoisotopic (exact) mass is 422 g/mol. The van der Waals surface area contributed by atoms with Gasteiger partial charge in [0.1, 0.15) is 11.6 Å². The lowest BCUT2D eigenvalue weighted by Crippen LogP contribution is -2.47. The van der Waals surface area contributed by atoms with Crippen LogP contribution in [0, 0.1) is 19.7 Å². The van der Waals surface area contributed by atoms with Crippen molar-refractivity contribution in [3.05, 3.63) is 59.4 Å². The summed E-state index contributed by atoms with van der Waals surface area (Å²) in [6, 6.07) is 9.81. The third-order valence-corrected chi connectivity index (χ3v) is 6.06. The van der Waals surface area contributed by atoms with Gasteiger partial charge in [-0.1, -0.05) is 12.1 Å². The Bertz CT molecular complexity index is 990. The van der Waals surface area contributed by atoms with Crippen LogP contribution in [-0.4, -0.2) is 32.1 Å². The van der Waals surface area contributed by atoms with Crippen molar-refractivity contribution in [3.63, 3.8) is 0 Å². The van der Waals surface area contributed by atoms with Gasteiger partial charge in [-0.15, -0.1) is 0 Å². The normalized spacial score (nSPS) is 12.1. The molecule has 0 bridgehead atoms. The number of carbonyl (C=O) groups excluding carboxylic acids is 2. The largest absolute Gasteiger partial charge is 0.481 e. The molecule has 0 heterocycles. The van der Waals surface area contributed by atoms with E-state index in [0.29, 0.717) is 5.75 Å². The standard InChI is InChI=1S/C20H23FN2O5S/c1-13-5-4-6-18(14(13)2)28-15(3)20(25)23-22-19(24)11-12-29(26,27)17-9-7-16(21)8-10-17/h4-10,15H,11-12H2,1-3H3,(H,22,24)(H,23,25)/t15-/m1/s1. The van der Waals surface area contributed by atoms with E-state index in [4.69, 9.17) is 4.74 Å². The Morgan fingerprint density at radius 1 is 1.07 bits per heavy atom. The molecule has 1 atom stereocenters. The summed E-state index contributed by atoms with van der Waals surface area (Å²) < 4.78 is 42.8. The molecule has 0 aliphatic heterocycles. The molecular formula is C20H23FN2O5S. The van der Waals surface area contributed by atoms with Gasteiger partial charge in [0.15, 0.2) is 15.9 Å². The molecule has 0 aliphatic rings. The maximum Gasteiger partial charge on any atom is 0.279 e. The van der Waals surface area contributed by atoms with Gasteiger partial charge in [-0.05, 0) is 62.2 Å². The van der Waals surface area contributed by atoms with E-state index in [-0.39, 0.29) is 11.3 Å². The second-order valence-corrected chi connectivity index (χ2v) is 8.63. The predicted octanol–water partition coefficient (Wildman–Crippen LogP) is 2.22. The number of rotatable bonds is 7. The molecule has 2 aromatic carbocycles. The van der Waals surface area contributed by atoms with Crippen LogP contribution in [0.5, 0.6) is 5.75 Å². The average molecular weight is 422 g/mol. The number of amides is 2. The van der Waals surface area contributed by atoms with Crippen LogP contribution in [0.15, 0.2) is 47.4 Å². The second kappa shape index (κ2) is 9.51. The quantitative estimate of drug-likeness (QED) is 0.526. The summed E-state index contributed by atoms with van der Waals surface area (Å²) in [6.07, 6.45) is -1.24. The zero-order valence-corrected chi connectivity index (χ0v) is 17.2. The topological polar surface area (TPSA) is 102 Å². The number of sulfone groups is 1. The predicted molar refractivity (Wildman–Crippen MR) is 105 cm³/mol. The van der Waals surface area contributed by atoms with E-state index in [1.165, 1.54) is 6.92 Å². The van der Waals surface area contributed by atoms with Gasteiger partial charge in [-0.25, -0.2) is 12.8 Å². The van der Waals surface area contributed by atoms with Crippen LogP contribution < -0.4 is 15.6 Å². The smallest absolute Gasteiger partial charge is 0.279 e. The number of nitrogens with one attached hydrogen (secondary N) is 2. The Kier molecular flexibility index (Phi) is 7.33. The molecule has 0 saturated carbocycles. The number of hydrogen-bond donors (Lipinski definition) is 2. The van der Waals surface area contributed by atoms with Gasteiger partial charge in [0.25, 0.3) is 5.91 Å². The molecule has 7 nitrogen and oxygen atoms in total. The summed E-state index contributed by atoms with van der Waals surface area (Å²) in [7, 11) is -3.74. The summed E-state index contributed by atoms with van der Waals surface area (Å²) >= 11 is 0. The van der Waals surface area contributed by atoms with E-state index in [0.717, 1.165) is 35.4 Å². The van der Waals surface area contributed by atoms with Gasteiger partial charge >= 0.3 is 0 Å². The van der Waals surface area contributed by atoms with Gasteiger partial charge in [-0.3, -0.25) is 20.4 Å². The van der Waals surface area contributed by atoms with Gasteiger partial charge in [0.2, 0.25) is 5.91 Å². The molecule has 156 valence electrons. The Morgan fingerprint density at radius 3 is 2.38 bits per heavy atom. The van der Waals surface area contributed by atoms with Crippen LogP contribution >= 0.6 is 0 Å². The molecule has 0 spiro atoms. The highest BCUT2D eigenvalue weighted by atomic mass is 32.2. The highest BCUT2D eigenvalue weighted by molar-refractivity contribution is 7.91. The molecule has 0 radical (unpaired) electrons. The highest BCUT2D eigenvalue weighted by Gasteiger charge is 2.19. The van der Waals surface area contributed by atoms with Gasteiger partial charge in [0.05, 0.1) is 10.6 Å². The minimum atomic E-state index is -3.74. The van der Waals surface area contributed by atoms with Crippen LogP contribution in [-0.2, 0) is 19.4 Å². The van der Waals surface area contributed by atoms with Crippen LogP contribution in [0.4, 0.5) is 4.39 Å². The maximum absolute atomic E-state index is 12.9. The van der Waals surface area contributed by atoms with Gasteiger partial charge in [-0.2, -0.15) is 0 Å². The Labute approximate surface area is 169 Å². The third-order valence-electron chi connectivity index (χ3n) is 4.32. The first kappa shape index (κ1) is 22.4.